The van der Waals surface area contributed by atoms with Crippen molar-refractivity contribution < 1.29 is 19.1 Å². The van der Waals surface area contributed by atoms with Crippen LogP contribution < -0.4 is 5.32 Å². The first-order valence-electron chi connectivity index (χ1n) is 4.84. The third-order valence-electron chi connectivity index (χ3n) is 2.32. The maximum Gasteiger partial charge on any atom is 0.339 e. The highest BCUT2D eigenvalue weighted by Crippen LogP contribution is 2.19. The van der Waals surface area contributed by atoms with Crippen LogP contribution in [0, 0.1) is 6.92 Å². The number of aromatic carboxylic acids is 1. The maximum absolute atomic E-state index is 11.7. The molecule has 0 fully saturated rings. The summed E-state index contributed by atoms with van der Waals surface area (Å²) in [5.41, 5.74) is 1.11. The third kappa shape index (κ3) is 2.05. The summed E-state index contributed by atoms with van der Waals surface area (Å²) in [5, 5.41) is 11.5. The first-order chi connectivity index (χ1) is 8.09. The molecular weight excluding hydrogens is 224 g/mol. The second-order valence-electron chi connectivity index (χ2n) is 3.47. The number of furan rings is 1. The number of amides is 1. The van der Waals surface area contributed by atoms with Gasteiger partial charge >= 0.3 is 5.97 Å². The predicted molar refractivity (Wildman–Crippen MR) is 59.2 cm³/mol. The van der Waals surface area contributed by atoms with Gasteiger partial charge in [0.15, 0.2) is 0 Å². The SMILES string of the molecule is Cc1[nH]cc(NC(=O)c2ccoc2)c1C(=O)O. The average Bonchev–Trinajstić information content (AvgIpc) is 2.87. The standard InChI is InChI=1S/C11H10N2O4/c1-6-9(11(15)16)8(4-12-6)13-10(14)7-2-3-17-5-7/h2-5,12H,1H3,(H,13,14)(H,15,16). The molecule has 3 N–H and O–H groups in total. The lowest BCUT2D eigenvalue weighted by Gasteiger charge is -2.02. The average molecular weight is 234 g/mol. The molecule has 0 saturated heterocycles. The minimum Gasteiger partial charge on any atom is -0.478 e. The van der Waals surface area contributed by atoms with Crippen LogP contribution in [0.1, 0.15) is 26.4 Å². The normalized spacial score (nSPS) is 10.2. The lowest BCUT2D eigenvalue weighted by atomic mass is 10.2. The molecule has 6 nitrogen and oxygen atoms in total. The number of carbonyl (C=O) groups is 2. The van der Waals surface area contributed by atoms with Gasteiger partial charge in [-0.05, 0) is 13.0 Å². The summed E-state index contributed by atoms with van der Waals surface area (Å²) in [6.07, 6.45) is 4.10. The zero-order valence-corrected chi connectivity index (χ0v) is 8.98. The number of H-pyrrole nitrogens is 1. The Morgan fingerprint density at radius 1 is 1.47 bits per heavy atom. The number of aromatic amines is 1. The molecule has 0 radical (unpaired) electrons. The Kier molecular flexibility index (Phi) is 2.70. The highest BCUT2D eigenvalue weighted by atomic mass is 16.4. The van der Waals surface area contributed by atoms with Crippen LogP contribution in [0.4, 0.5) is 5.69 Å². The van der Waals surface area contributed by atoms with E-state index in [4.69, 9.17) is 9.52 Å². The third-order valence-corrected chi connectivity index (χ3v) is 2.32. The van der Waals surface area contributed by atoms with Crippen LogP contribution in [0.3, 0.4) is 0 Å². The van der Waals surface area contributed by atoms with Crippen molar-refractivity contribution >= 4 is 17.6 Å². The predicted octanol–water partition coefficient (Wildman–Crippen LogP) is 1.87. The molecule has 2 rings (SSSR count). The van der Waals surface area contributed by atoms with E-state index < -0.39 is 11.9 Å². The van der Waals surface area contributed by atoms with E-state index in [1.807, 2.05) is 0 Å². The molecule has 0 aromatic carbocycles. The monoisotopic (exact) mass is 234 g/mol. The Labute approximate surface area is 96.3 Å². The van der Waals surface area contributed by atoms with Crippen molar-refractivity contribution in [3.05, 3.63) is 41.6 Å². The summed E-state index contributed by atoms with van der Waals surface area (Å²) >= 11 is 0. The van der Waals surface area contributed by atoms with Crippen LogP contribution in [0.2, 0.25) is 0 Å². The van der Waals surface area contributed by atoms with Crippen molar-refractivity contribution in [3.63, 3.8) is 0 Å². The fraction of sp³-hybridized carbons (Fsp3) is 0.0909. The van der Waals surface area contributed by atoms with E-state index in [-0.39, 0.29) is 11.3 Å². The molecular formula is C11H10N2O4. The van der Waals surface area contributed by atoms with Gasteiger partial charge < -0.3 is 19.8 Å². The Hall–Kier alpha value is -2.50. The molecule has 0 aliphatic carbocycles. The highest BCUT2D eigenvalue weighted by Gasteiger charge is 2.17. The molecule has 6 heteroatoms. The molecule has 1 amide bonds. The van der Waals surface area contributed by atoms with Crippen molar-refractivity contribution in [2.45, 2.75) is 6.92 Å². The molecule has 17 heavy (non-hydrogen) atoms. The van der Waals surface area contributed by atoms with Gasteiger partial charge in [0.1, 0.15) is 11.8 Å². The minimum atomic E-state index is -1.09. The van der Waals surface area contributed by atoms with Gasteiger partial charge in [-0.3, -0.25) is 4.79 Å². The van der Waals surface area contributed by atoms with E-state index in [1.54, 1.807) is 6.92 Å². The summed E-state index contributed by atoms with van der Waals surface area (Å²) in [6, 6.07) is 1.50. The Morgan fingerprint density at radius 3 is 2.82 bits per heavy atom. The molecule has 0 bridgehead atoms. The number of carboxylic acids is 1. The van der Waals surface area contributed by atoms with Crippen LogP contribution in [-0.4, -0.2) is 22.0 Å². The number of nitrogens with one attached hydrogen (secondary N) is 2. The van der Waals surface area contributed by atoms with E-state index in [2.05, 4.69) is 10.3 Å². The van der Waals surface area contributed by atoms with Gasteiger partial charge in [-0.1, -0.05) is 0 Å². The molecule has 0 spiro atoms. The van der Waals surface area contributed by atoms with E-state index in [1.165, 1.54) is 24.8 Å². The Bertz CT molecular complexity index is 554. The number of aromatic nitrogens is 1. The van der Waals surface area contributed by atoms with Crippen LogP contribution in [-0.2, 0) is 0 Å². The van der Waals surface area contributed by atoms with E-state index in [0.29, 0.717) is 11.3 Å². The number of rotatable bonds is 3. The van der Waals surface area contributed by atoms with Crippen LogP contribution in [0.25, 0.3) is 0 Å². The fourth-order valence-corrected chi connectivity index (χ4v) is 1.49. The molecule has 0 saturated carbocycles. The number of hydrogen-bond acceptors (Lipinski definition) is 3. The van der Waals surface area contributed by atoms with Crippen LogP contribution in [0.15, 0.2) is 29.2 Å². The van der Waals surface area contributed by atoms with E-state index in [0.717, 1.165) is 0 Å². The molecule has 0 atom stereocenters. The second-order valence-corrected chi connectivity index (χ2v) is 3.47. The van der Waals surface area contributed by atoms with Gasteiger partial charge in [0, 0.05) is 11.9 Å². The second kappa shape index (κ2) is 4.17. The van der Waals surface area contributed by atoms with Gasteiger partial charge in [-0.15, -0.1) is 0 Å². The van der Waals surface area contributed by atoms with Crippen molar-refractivity contribution in [2.75, 3.05) is 5.32 Å². The van der Waals surface area contributed by atoms with E-state index in [9.17, 15) is 9.59 Å². The topological polar surface area (TPSA) is 95.3 Å². The molecule has 2 heterocycles. The van der Waals surface area contributed by atoms with Crippen LogP contribution >= 0.6 is 0 Å². The Morgan fingerprint density at radius 2 is 2.24 bits per heavy atom. The number of aryl methyl sites for hydroxylation is 1. The number of hydrogen-bond donors (Lipinski definition) is 3. The molecule has 2 aromatic rings. The number of carboxylic acid groups (broad SMARTS) is 1. The molecule has 0 unspecified atom stereocenters. The largest absolute Gasteiger partial charge is 0.478 e. The van der Waals surface area contributed by atoms with Gasteiger partial charge in [0.25, 0.3) is 5.91 Å². The zero-order chi connectivity index (χ0) is 12.4. The smallest absolute Gasteiger partial charge is 0.339 e. The quantitative estimate of drug-likeness (QED) is 0.755. The van der Waals surface area contributed by atoms with E-state index >= 15 is 0 Å². The molecule has 2 aromatic heterocycles. The van der Waals surface area contributed by atoms with Crippen molar-refractivity contribution in [1.29, 1.82) is 0 Å². The lowest BCUT2D eigenvalue weighted by Crippen LogP contribution is -2.13. The van der Waals surface area contributed by atoms with Gasteiger partial charge in [-0.25, -0.2) is 4.79 Å². The zero-order valence-electron chi connectivity index (χ0n) is 8.98. The van der Waals surface area contributed by atoms with Crippen molar-refractivity contribution in [3.8, 4) is 0 Å². The van der Waals surface area contributed by atoms with Gasteiger partial charge in [0.2, 0.25) is 0 Å². The van der Waals surface area contributed by atoms with Gasteiger partial charge in [-0.2, -0.15) is 0 Å². The summed E-state index contributed by atoms with van der Waals surface area (Å²) in [4.78, 5) is 25.4. The lowest BCUT2D eigenvalue weighted by molar-refractivity contribution is 0.0697. The minimum absolute atomic E-state index is 0.0573. The van der Waals surface area contributed by atoms with Crippen LogP contribution in [0.5, 0.6) is 0 Å². The Balaban J connectivity index is 2.25. The van der Waals surface area contributed by atoms with Crippen molar-refractivity contribution in [2.24, 2.45) is 0 Å². The molecule has 0 aliphatic heterocycles. The van der Waals surface area contributed by atoms with Crippen molar-refractivity contribution in [1.82, 2.24) is 4.98 Å². The maximum atomic E-state index is 11.7. The summed E-state index contributed by atoms with van der Waals surface area (Å²) in [6.45, 7) is 1.62. The molecule has 0 aliphatic rings. The fourth-order valence-electron chi connectivity index (χ4n) is 1.49. The number of carbonyl (C=O) groups excluding carboxylic acids is 1. The number of anilines is 1. The van der Waals surface area contributed by atoms with Gasteiger partial charge in [0.05, 0.1) is 17.5 Å². The first kappa shape index (κ1) is 11.0. The first-order valence-corrected chi connectivity index (χ1v) is 4.84. The summed E-state index contributed by atoms with van der Waals surface area (Å²) in [5.74, 6) is -1.51. The highest BCUT2D eigenvalue weighted by molar-refractivity contribution is 6.07. The summed E-state index contributed by atoms with van der Waals surface area (Å²) < 4.78 is 4.77. The summed E-state index contributed by atoms with van der Waals surface area (Å²) in [7, 11) is 0. The molecule has 88 valence electrons.